The number of unbranched alkanes of at least 4 members (excludes halogenated alkanes) is 8. The zero-order valence-corrected chi connectivity index (χ0v) is 24.7. The number of fused-ring (bicyclic) bond motifs is 3. The summed E-state index contributed by atoms with van der Waals surface area (Å²) < 4.78 is 35.7. The van der Waals surface area contributed by atoms with E-state index in [-0.39, 0.29) is 6.73 Å². The third-order valence-electron chi connectivity index (χ3n) is 7.62. The fraction of sp³-hybridized carbons (Fsp3) is 0.545. The minimum absolute atomic E-state index is 0.206. The van der Waals surface area contributed by atoms with Crippen LogP contribution in [0.5, 0.6) is 0 Å². The Labute approximate surface area is 241 Å². The molecule has 222 valence electrons. The monoisotopic (exact) mass is 566 g/mol. The molecule has 6 nitrogen and oxygen atoms in total. The molecule has 0 amide bonds. The molecule has 4 aromatic rings. The van der Waals surface area contributed by atoms with Crippen LogP contribution in [0, 0.1) is 5.41 Å². The van der Waals surface area contributed by atoms with Crippen LogP contribution in [0.15, 0.2) is 53.7 Å². The Morgan fingerprint density at radius 1 is 0.854 bits per heavy atom. The molecule has 0 N–H and O–H groups in total. The average molecular weight is 567 g/mol. The van der Waals surface area contributed by atoms with Gasteiger partial charge in [-0.2, -0.15) is 5.10 Å². The predicted molar refractivity (Wildman–Crippen MR) is 162 cm³/mol. The van der Waals surface area contributed by atoms with Gasteiger partial charge in [-0.05, 0) is 47.6 Å². The van der Waals surface area contributed by atoms with Crippen molar-refractivity contribution < 1.29 is 13.5 Å². The Morgan fingerprint density at radius 2 is 1.51 bits per heavy atom. The number of ether oxygens (including phenoxy) is 1. The van der Waals surface area contributed by atoms with E-state index in [2.05, 4.69) is 30.9 Å². The van der Waals surface area contributed by atoms with Gasteiger partial charge in [0, 0.05) is 24.4 Å². The van der Waals surface area contributed by atoms with Crippen molar-refractivity contribution in [3.8, 4) is 11.1 Å². The molecule has 0 aliphatic rings. The molecule has 0 spiro atoms. The number of hydrogen-bond acceptors (Lipinski definition) is 4. The summed E-state index contributed by atoms with van der Waals surface area (Å²) in [6, 6.07) is 9.29. The first-order chi connectivity index (χ1) is 19.7. The second-order valence-corrected chi connectivity index (χ2v) is 12.2. The van der Waals surface area contributed by atoms with E-state index in [1.165, 1.54) is 57.6 Å². The van der Waals surface area contributed by atoms with E-state index in [4.69, 9.17) is 4.74 Å². The van der Waals surface area contributed by atoms with Crippen LogP contribution in [0.1, 0.15) is 85.0 Å². The lowest BCUT2D eigenvalue weighted by Gasteiger charge is -2.17. The largest absolute Gasteiger partial charge is 0.359 e. The van der Waals surface area contributed by atoms with Gasteiger partial charge in [0.05, 0.1) is 29.2 Å². The van der Waals surface area contributed by atoms with Crippen LogP contribution in [-0.4, -0.2) is 32.4 Å². The average Bonchev–Trinajstić information content (AvgIpc) is 3.37. The summed E-state index contributed by atoms with van der Waals surface area (Å²) in [5, 5.41) is 5.40. The molecule has 4 rings (SSSR count). The third kappa shape index (κ3) is 8.68. The smallest absolute Gasteiger partial charge is 0.262 e. The number of halogens is 2. The summed E-state index contributed by atoms with van der Waals surface area (Å²) in [7, 11) is 0. The van der Waals surface area contributed by atoms with E-state index >= 15 is 0 Å². The van der Waals surface area contributed by atoms with Gasteiger partial charge < -0.3 is 9.30 Å². The Balaban J connectivity index is 1.33. The summed E-state index contributed by atoms with van der Waals surface area (Å²) in [6.45, 7) is 7.07. The molecule has 3 aromatic heterocycles. The van der Waals surface area contributed by atoms with E-state index in [1.54, 1.807) is 23.1 Å². The highest BCUT2D eigenvalue weighted by molar-refractivity contribution is 6.04. The number of hydrogen-bond donors (Lipinski definition) is 0. The molecule has 0 fully saturated rings. The minimum Gasteiger partial charge on any atom is -0.359 e. The highest BCUT2D eigenvalue weighted by Crippen LogP contribution is 2.29. The van der Waals surface area contributed by atoms with E-state index in [1.807, 2.05) is 24.3 Å². The van der Waals surface area contributed by atoms with Crippen LogP contribution in [-0.2, 0) is 18.0 Å². The molecule has 0 unspecified atom stereocenters. The molecule has 0 saturated heterocycles. The Kier molecular flexibility index (Phi) is 11.0. The number of nitrogens with zero attached hydrogens (tertiary/aromatic N) is 4. The van der Waals surface area contributed by atoms with Crippen LogP contribution in [0.2, 0.25) is 0 Å². The molecular weight excluding hydrogens is 522 g/mol. The molecule has 0 aliphatic heterocycles. The number of rotatable bonds is 16. The summed E-state index contributed by atoms with van der Waals surface area (Å²) in [5.41, 5.74) is 2.76. The summed E-state index contributed by atoms with van der Waals surface area (Å²) >= 11 is 0. The van der Waals surface area contributed by atoms with E-state index in [0.717, 1.165) is 28.5 Å². The quantitative estimate of drug-likeness (QED) is 0.127. The predicted octanol–water partition coefficient (Wildman–Crippen LogP) is 8.60. The number of aromatic nitrogens is 4. The lowest BCUT2D eigenvalue weighted by Crippen LogP contribution is -2.24. The van der Waals surface area contributed by atoms with E-state index in [9.17, 15) is 13.6 Å². The SMILES string of the molecule is CC(C)(C)CCCCCCCCCCCOCn1ncc2c(=O)n(CC(F)F)c3cc(-c4ccncc4)ccc3c21. The van der Waals surface area contributed by atoms with Gasteiger partial charge in [0.1, 0.15) is 6.73 Å². The van der Waals surface area contributed by atoms with Gasteiger partial charge in [0.25, 0.3) is 12.0 Å². The molecule has 0 radical (unpaired) electrons. The van der Waals surface area contributed by atoms with Crippen LogP contribution in [0.3, 0.4) is 0 Å². The maximum atomic E-state index is 13.5. The lowest BCUT2D eigenvalue weighted by molar-refractivity contribution is 0.0689. The van der Waals surface area contributed by atoms with Gasteiger partial charge >= 0.3 is 0 Å². The summed E-state index contributed by atoms with van der Waals surface area (Å²) in [5.74, 6) is 0. The van der Waals surface area contributed by atoms with Crippen LogP contribution < -0.4 is 5.56 Å². The second-order valence-electron chi connectivity index (χ2n) is 12.2. The number of alkyl halides is 2. The summed E-state index contributed by atoms with van der Waals surface area (Å²) in [6.07, 6.45) is 14.7. The van der Waals surface area contributed by atoms with Gasteiger partial charge in [-0.15, -0.1) is 0 Å². The first-order valence-electron chi connectivity index (χ1n) is 15.0. The van der Waals surface area contributed by atoms with Crippen LogP contribution in [0.4, 0.5) is 8.78 Å². The van der Waals surface area contributed by atoms with Crippen LogP contribution in [0.25, 0.3) is 32.9 Å². The molecule has 0 saturated carbocycles. The third-order valence-corrected chi connectivity index (χ3v) is 7.62. The number of pyridine rings is 2. The standard InChI is InChI=1S/C33H44F2N4O2/c1-33(2,3)17-11-9-7-5-4-6-8-10-12-20-41-24-39-31-27-14-13-26(25-15-18-36-19-16-25)21-29(27)38(23-30(34)35)32(40)28(31)22-37-39/h13-16,18-19,21-22,30H,4-12,17,20,23-24H2,1-3H3. The van der Waals surface area contributed by atoms with Gasteiger partial charge in [-0.3, -0.25) is 9.78 Å². The maximum absolute atomic E-state index is 13.5. The van der Waals surface area contributed by atoms with Crippen molar-refractivity contribution in [1.82, 2.24) is 19.3 Å². The molecule has 0 bridgehead atoms. The fourth-order valence-corrected chi connectivity index (χ4v) is 5.42. The number of benzene rings is 1. The molecule has 8 heteroatoms. The zero-order valence-electron chi connectivity index (χ0n) is 24.7. The first-order valence-corrected chi connectivity index (χ1v) is 15.0. The fourth-order valence-electron chi connectivity index (χ4n) is 5.42. The van der Waals surface area contributed by atoms with Gasteiger partial charge in [0.2, 0.25) is 0 Å². The highest BCUT2D eigenvalue weighted by Gasteiger charge is 2.18. The normalized spacial score (nSPS) is 12.2. The van der Waals surface area contributed by atoms with E-state index < -0.39 is 18.5 Å². The first kappa shape index (κ1) is 30.8. The molecule has 3 heterocycles. The maximum Gasteiger partial charge on any atom is 0.262 e. The molecular formula is C33H44F2N4O2. The zero-order chi connectivity index (χ0) is 29.2. The summed E-state index contributed by atoms with van der Waals surface area (Å²) in [4.78, 5) is 17.3. The van der Waals surface area contributed by atoms with Gasteiger partial charge in [-0.1, -0.05) is 84.3 Å². The Hall–Kier alpha value is -3.13. The second kappa shape index (κ2) is 14.7. The minimum atomic E-state index is -2.66. The van der Waals surface area contributed by atoms with Crippen molar-refractivity contribution in [3.05, 3.63) is 59.3 Å². The van der Waals surface area contributed by atoms with Crippen molar-refractivity contribution in [2.75, 3.05) is 6.61 Å². The van der Waals surface area contributed by atoms with Crippen LogP contribution >= 0.6 is 0 Å². The van der Waals surface area contributed by atoms with Crippen molar-refractivity contribution in [2.45, 2.75) is 105 Å². The van der Waals surface area contributed by atoms with Crippen molar-refractivity contribution in [1.29, 1.82) is 0 Å². The van der Waals surface area contributed by atoms with E-state index in [0.29, 0.717) is 33.8 Å². The van der Waals surface area contributed by atoms with Crippen molar-refractivity contribution in [3.63, 3.8) is 0 Å². The van der Waals surface area contributed by atoms with Crippen molar-refractivity contribution in [2.24, 2.45) is 5.41 Å². The van der Waals surface area contributed by atoms with Crippen molar-refractivity contribution >= 4 is 21.8 Å². The topological polar surface area (TPSA) is 61.9 Å². The van der Waals surface area contributed by atoms with Gasteiger partial charge in [0.15, 0.2) is 0 Å². The highest BCUT2D eigenvalue weighted by atomic mass is 19.3. The molecule has 0 atom stereocenters. The lowest BCUT2D eigenvalue weighted by atomic mass is 9.89. The Bertz CT molecular complexity index is 1440. The molecule has 0 aliphatic carbocycles. The Morgan fingerprint density at radius 3 is 2.17 bits per heavy atom. The molecule has 41 heavy (non-hydrogen) atoms. The van der Waals surface area contributed by atoms with Gasteiger partial charge in [-0.25, -0.2) is 13.5 Å². The molecule has 1 aromatic carbocycles.